The molecule has 0 heterocycles. The summed E-state index contributed by atoms with van der Waals surface area (Å²) in [6, 6.07) is 10.5. The number of benzene rings is 2. The number of rotatable bonds is 4. The highest BCUT2D eigenvalue weighted by Crippen LogP contribution is 2.26. The van der Waals surface area contributed by atoms with E-state index in [1.807, 2.05) is 6.07 Å². The van der Waals surface area contributed by atoms with Gasteiger partial charge in [-0.1, -0.05) is 45.2 Å². The van der Waals surface area contributed by atoms with Gasteiger partial charge < -0.3 is 4.74 Å². The smallest absolute Gasteiger partial charge is 0.163 e. The minimum Gasteiger partial charge on any atom is -0.488 e. The lowest BCUT2D eigenvalue weighted by molar-refractivity contribution is 0.101. The van der Waals surface area contributed by atoms with E-state index in [2.05, 4.69) is 15.9 Å². The van der Waals surface area contributed by atoms with Crippen molar-refractivity contribution in [2.75, 3.05) is 0 Å². The van der Waals surface area contributed by atoms with Crippen molar-refractivity contribution in [1.29, 1.82) is 0 Å². The average Bonchev–Trinajstić information content (AvgIpc) is 2.38. The zero-order chi connectivity index (χ0) is 14.7. The maximum atomic E-state index is 11.6. The van der Waals surface area contributed by atoms with Crippen molar-refractivity contribution < 1.29 is 9.53 Å². The summed E-state index contributed by atoms with van der Waals surface area (Å²) in [5.41, 5.74) is 1.35. The van der Waals surface area contributed by atoms with Crippen LogP contribution in [0, 0.1) is 0 Å². The molecule has 2 rings (SSSR count). The van der Waals surface area contributed by atoms with Gasteiger partial charge in [0.15, 0.2) is 5.78 Å². The maximum absolute atomic E-state index is 11.6. The number of ether oxygens (including phenoxy) is 1. The highest BCUT2D eigenvalue weighted by atomic mass is 79.9. The molecule has 0 aliphatic heterocycles. The molecule has 0 unspecified atom stereocenters. The van der Waals surface area contributed by atoms with Crippen molar-refractivity contribution in [2.45, 2.75) is 13.5 Å². The molecule has 0 saturated heterocycles. The predicted octanol–water partition coefficient (Wildman–Crippen LogP) is 5.54. The zero-order valence-corrected chi connectivity index (χ0v) is 13.7. The van der Waals surface area contributed by atoms with E-state index in [-0.39, 0.29) is 12.4 Å². The Bertz CT molecular complexity index is 656. The van der Waals surface area contributed by atoms with Crippen LogP contribution in [0.4, 0.5) is 0 Å². The molecule has 0 saturated carbocycles. The third-order valence-electron chi connectivity index (χ3n) is 2.72. The van der Waals surface area contributed by atoms with E-state index in [1.165, 1.54) is 6.92 Å². The van der Waals surface area contributed by atoms with E-state index in [0.717, 1.165) is 10.0 Å². The number of hydrogen-bond donors (Lipinski definition) is 0. The first-order chi connectivity index (χ1) is 9.47. The molecule has 2 aromatic rings. The van der Waals surface area contributed by atoms with Gasteiger partial charge in [-0.25, -0.2) is 0 Å². The lowest BCUT2D eigenvalue weighted by Crippen LogP contribution is -2.02. The van der Waals surface area contributed by atoms with Crippen LogP contribution in [0.2, 0.25) is 10.0 Å². The lowest BCUT2D eigenvalue weighted by atomic mass is 10.1. The van der Waals surface area contributed by atoms with Crippen molar-refractivity contribution >= 4 is 44.9 Å². The third-order valence-corrected chi connectivity index (χ3v) is 3.80. The lowest BCUT2D eigenvalue weighted by Gasteiger charge is -2.11. The minimum absolute atomic E-state index is 0.0523. The highest BCUT2D eigenvalue weighted by Gasteiger charge is 2.10. The van der Waals surface area contributed by atoms with Gasteiger partial charge in [0.25, 0.3) is 0 Å². The SMILES string of the molecule is CC(=O)c1cc(Br)ccc1OCc1ccc(Cl)cc1Cl. The molecule has 0 fully saturated rings. The molecular weight excluding hydrogens is 363 g/mol. The maximum Gasteiger partial charge on any atom is 0.163 e. The topological polar surface area (TPSA) is 26.3 Å². The Kier molecular flexibility index (Phi) is 5.08. The third kappa shape index (κ3) is 3.75. The molecule has 0 aromatic heterocycles. The van der Waals surface area contributed by atoms with E-state index in [4.69, 9.17) is 27.9 Å². The summed E-state index contributed by atoms with van der Waals surface area (Å²) in [7, 11) is 0. The Morgan fingerprint density at radius 1 is 1.20 bits per heavy atom. The Morgan fingerprint density at radius 2 is 1.95 bits per heavy atom. The summed E-state index contributed by atoms with van der Waals surface area (Å²) in [4.78, 5) is 11.6. The quantitative estimate of drug-likeness (QED) is 0.658. The molecule has 0 radical (unpaired) electrons. The van der Waals surface area contributed by atoms with Crippen LogP contribution in [-0.2, 0) is 6.61 Å². The second-order valence-electron chi connectivity index (χ2n) is 4.22. The molecule has 0 spiro atoms. The zero-order valence-electron chi connectivity index (χ0n) is 10.6. The standard InChI is InChI=1S/C15H11BrCl2O2/c1-9(19)13-6-11(16)3-5-15(13)20-8-10-2-4-12(17)7-14(10)18/h2-7H,8H2,1H3. The van der Waals surface area contributed by atoms with Crippen LogP contribution in [0.5, 0.6) is 5.75 Å². The Hall–Kier alpha value is -1.03. The van der Waals surface area contributed by atoms with Crippen molar-refractivity contribution in [2.24, 2.45) is 0 Å². The fourth-order valence-corrected chi connectivity index (χ4v) is 2.52. The molecule has 0 aliphatic carbocycles. The van der Waals surface area contributed by atoms with Gasteiger partial charge in [0.05, 0.1) is 5.56 Å². The number of carbonyl (C=O) groups excluding carboxylic acids is 1. The number of carbonyl (C=O) groups is 1. The monoisotopic (exact) mass is 372 g/mol. The minimum atomic E-state index is -0.0523. The second kappa shape index (κ2) is 6.61. The van der Waals surface area contributed by atoms with Gasteiger partial charge in [-0.05, 0) is 37.3 Å². The Labute approximate surface area is 135 Å². The van der Waals surface area contributed by atoms with Gasteiger partial charge in [-0.15, -0.1) is 0 Å². The first-order valence-electron chi connectivity index (χ1n) is 5.84. The molecule has 5 heteroatoms. The second-order valence-corrected chi connectivity index (χ2v) is 5.98. The van der Waals surface area contributed by atoms with Crippen LogP contribution in [-0.4, -0.2) is 5.78 Å². The van der Waals surface area contributed by atoms with E-state index >= 15 is 0 Å². The van der Waals surface area contributed by atoms with Gasteiger partial charge in [0, 0.05) is 20.1 Å². The van der Waals surface area contributed by atoms with Crippen LogP contribution >= 0.6 is 39.1 Å². The Morgan fingerprint density at radius 3 is 2.60 bits per heavy atom. The van der Waals surface area contributed by atoms with Crippen molar-refractivity contribution in [3.63, 3.8) is 0 Å². The van der Waals surface area contributed by atoms with E-state index in [0.29, 0.717) is 21.4 Å². The van der Waals surface area contributed by atoms with Crippen LogP contribution in [0.25, 0.3) is 0 Å². The van der Waals surface area contributed by atoms with Crippen LogP contribution in [0.15, 0.2) is 40.9 Å². The fraction of sp³-hybridized carbons (Fsp3) is 0.133. The van der Waals surface area contributed by atoms with E-state index in [1.54, 1.807) is 30.3 Å². The molecule has 0 amide bonds. The summed E-state index contributed by atoms with van der Waals surface area (Å²) in [5, 5.41) is 1.12. The van der Waals surface area contributed by atoms with Gasteiger partial charge >= 0.3 is 0 Å². The van der Waals surface area contributed by atoms with E-state index < -0.39 is 0 Å². The largest absolute Gasteiger partial charge is 0.488 e. The summed E-state index contributed by atoms with van der Waals surface area (Å²) >= 11 is 15.3. The molecule has 2 aromatic carbocycles. The van der Waals surface area contributed by atoms with Gasteiger partial charge in [0.1, 0.15) is 12.4 Å². The number of ketones is 1. The highest BCUT2D eigenvalue weighted by molar-refractivity contribution is 9.10. The molecule has 0 aliphatic rings. The molecule has 0 N–H and O–H groups in total. The predicted molar refractivity (Wildman–Crippen MR) is 84.9 cm³/mol. The van der Waals surface area contributed by atoms with Crippen LogP contribution in [0.3, 0.4) is 0 Å². The number of Topliss-reactive ketones (excluding diaryl/α,β-unsaturated/α-hetero) is 1. The molecular formula is C15H11BrCl2O2. The molecule has 0 atom stereocenters. The first kappa shape index (κ1) is 15.4. The number of halogens is 3. The van der Waals surface area contributed by atoms with Crippen LogP contribution < -0.4 is 4.74 Å². The first-order valence-corrected chi connectivity index (χ1v) is 7.39. The number of hydrogen-bond acceptors (Lipinski definition) is 2. The summed E-state index contributed by atoms with van der Waals surface area (Å²) in [6.07, 6.45) is 0. The Balaban J connectivity index is 2.20. The van der Waals surface area contributed by atoms with Crippen LogP contribution in [0.1, 0.15) is 22.8 Å². The fourth-order valence-electron chi connectivity index (χ4n) is 1.70. The van der Waals surface area contributed by atoms with Crippen molar-refractivity contribution in [3.8, 4) is 5.75 Å². The summed E-state index contributed by atoms with van der Waals surface area (Å²) in [5.74, 6) is 0.482. The average molecular weight is 374 g/mol. The molecule has 2 nitrogen and oxygen atoms in total. The van der Waals surface area contributed by atoms with Gasteiger partial charge in [-0.3, -0.25) is 4.79 Å². The summed E-state index contributed by atoms with van der Waals surface area (Å²) in [6.45, 7) is 1.78. The molecule has 104 valence electrons. The van der Waals surface area contributed by atoms with Crippen molar-refractivity contribution in [3.05, 3.63) is 62.0 Å². The van der Waals surface area contributed by atoms with Crippen molar-refractivity contribution in [1.82, 2.24) is 0 Å². The van der Waals surface area contributed by atoms with Gasteiger partial charge in [-0.2, -0.15) is 0 Å². The normalized spacial score (nSPS) is 10.4. The molecule has 0 bridgehead atoms. The molecule has 20 heavy (non-hydrogen) atoms. The van der Waals surface area contributed by atoms with Gasteiger partial charge in [0.2, 0.25) is 0 Å². The van der Waals surface area contributed by atoms with E-state index in [9.17, 15) is 4.79 Å². The summed E-state index contributed by atoms with van der Waals surface area (Å²) < 4.78 is 6.52.